The van der Waals surface area contributed by atoms with E-state index in [4.69, 9.17) is 34.8 Å². The lowest BCUT2D eigenvalue weighted by molar-refractivity contribution is 0.601. The fourth-order valence-electron chi connectivity index (χ4n) is 2.54. The molecule has 0 bridgehead atoms. The van der Waals surface area contributed by atoms with E-state index in [0.29, 0.717) is 10.3 Å². The Morgan fingerprint density at radius 3 is 2.60 bits per heavy atom. The van der Waals surface area contributed by atoms with Crippen molar-refractivity contribution < 1.29 is 8.42 Å². The second kappa shape index (κ2) is 8.16. The van der Waals surface area contributed by atoms with Crippen LogP contribution in [0.4, 0.5) is 5.69 Å². The molecule has 0 aliphatic carbocycles. The predicted molar refractivity (Wildman–Crippen MR) is 117 cm³/mol. The summed E-state index contributed by atoms with van der Waals surface area (Å²) in [6.07, 6.45) is 4.36. The van der Waals surface area contributed by atoms with Crippen LogP contribution in [-0.2, 0) is 10.0 Å². The third-order valence-electron chi connectivity index (χ3n) is 3.88. The highest BCUT2D eigenvalue weighted by Gasteiger charge is 2.22. The smallest absolute Gasteiger partial charge is 0.262 e. The van der Waals surface area contributed by atoms with Crippen molar-refractivity contribution in [3.8, 4) is 17.3 Å². The Morgan fingerprint density at radius 2 is 1.90 bits per heavy atom. The summed E-state index contributed by atoms with van der Waals surface area (Å²) in [4.78, 5) is 4.17. The number of halogens is 4. The molecule has 0 spiro atoms. The van der Waals surface area contributed by atoms with Crippen molar-refractivity contribution in [3.05, 3.63) is 62.5 Å². The van der Waals surface area contributed by atoms with Gasteiger partial charge >= 0.3 is 0 Å². The second-order valence-corrected chi connectivity index (χ2v) is 9.61. The molecule has 0 aliphatic heterocycles. The molecule has 0 aliphatic rings. The van der Waals surface area contributed by atoms with Gasteiger partial charge in [-0.05, 0) is 40.2 Å². The molecule has 0 fully saturated rings. The highest BCUT2D eigenvalue weighted by Crippen LogP contribution is 2.32. The molecular formula is C16H9BrCl3N7O2S. The minimum Gasteiger partial charge on any atom is -0.277 e. The molecule has 3 heterocycles. The minimum absolute atomic E-state index is 0.0828. The fourth-order valence-corrected chi connectivity index (χ4v) is 4.52. The summed E-state index contributed by atoms with van der Waals surface area (Å²) in [5.41, 5.74) is 0.292. The van der Waals surface area contributed by atoms with E-state index in [2.05, 4.69) is 46.0 Å². The number of hydrogen-bond acceptors (Lipinski definition) is 6. The molecule has 4 aromatic rings. The number of H-pyrrole nitrogens is 1. The molecule has 0 unspecified atom stereocenters. The van der Waals surface area contributed by atoms with E-state index >= 15 is 0 Å². The molecular weight excluding hydrogens is 541 g/mol. The van der Waals surface area contributed by atoms with Gasteiger partial charge in [-0.25, -0.2) is 13.4 Å². The number of anilines is 1. The summed E-state index contributed by atoms with van der Waals surface area (Å²) in [6.45, 7) is 0. The average Bonchev–Trinajstić information content (AvgIpc) is 3.32. The first kappa shape index (κ1) is 21.1. The Morgan fingerprint density at radius 1 is 1.10 bits per heavy atom. The highest BCUT2D eigenvalue weighted by atomic mass is 79.9. The lowest BCUT2D eigenvalue weighted by Gasteiger charge is -2.13. The van der Waals surface area contributed by atoms with Crippen molar-refractivity contribution in [1.82, 2.24) is 29.9 Å². The summed E-state index contributed by atoms with van der Waals surface area (Å²) in [5, 5.41) is 15.3. The Hall–Kier alpha value is -2.18. The maximum Gasteiger partial charge on any atom is 0.262 e. The molecule has 154 valence electrons. The van der Waals surface area contributed by atoms with Gasteiger partial charge in [0.1, 0.15) is 17.8 Å². The summed E-state index contributed by atoms with van der Waals surface area (Å²) in [5.74, 6) is 0.786. The SMILES string of the molecule is O=S(=O)(Nc1cc(Cl)cnc1-c1nncn1-c1[nH]ncc1Br)c1ccc(Cl)c(Cl)c1. The molecule has 0 saturated heterocycles. The number of hydrogen-bond donors (Lipinski definition) is 2. The van der Waals surface area contributed by atoms with Gasteiger partial charge < -0.3 is 0 Å². The summed E-state index contributed by atoms with van der Waals surface area (Å²) in [6, 6.07) is 5.38. The Balaban J connectivity index is 1.80. The monoisotopic (exact) mass is 547 g/mol. The van der Waals surface area contributed by atoms with Crippen LogP contribution in [-0.4, -0.2) is 38.4 Å². The Bertz CT molecular complexity index is 1360. The number of benzene rings is 1. The van der Waals surface area contributed by atoms with Crippen LogP contribution in [0.15, 0.2) is 52.4 Å². The van der Waals surface area contributed by atoms with Crippen LogP contribution < -0.4 is 4.72 Å². The zero-order valence-corrected chi connectivity index (χ0v) is 19.2. The predicted octanol–water partition coefficient (Wildman–Crippen LogP) is 4.58. The normalized spacial score (nSPS) is 11.6. The van der Waals surface area contributed by atoms with Crippen LogP contribution >= 0.6 is 50.7 Å². The lowest BCUT2D eigenvalue weighted by Crippen LogP contribution is -2.14. The molecule has 1 aromatic carbocycles. The van der Waals surface area contributed by atoms with E-state index in [1.54, 1.807) is 10.8 Å². The number of nitrogens with zero attached hydrogens (tertiary/aromatic N) is 5. The van der Waals surface area contributed by atoms with E-state index in [9.17, 15) is 8.42 Å². The lowest BCUT2D eigenvalue weighted by atomic mass is 10.3. The molecule has 0 amide bonds. The molecule has 0 atom stereocenters. The molecule has 9 nitrogen and oxygen atoms in total. The van der Waals surface area contributed by atoms with Crippen molar-refractivity contribution in [3.63, 3.8) is 0 Å². The minimum atomic E-state index is -4.04. The Kier molecular flexibility index (Phi) is 5.73. The van der Waals surface area contributed by atoms with Gasteiger partial charge in [-0.15, -0.1) is 10.2 Å². The van der Waals surface area contributed by atoms with E-state index in [0.717, 1.165) is 0 Å². The van der Waals surface area contributed by atoms with Crippen molar-refractivity contribution in [2.75, 3.05) is 4.72 Å². The third kappa shape index (κ3) is 4.03. The number of pyridine rings is 1. The zero-order valence-electron chi connectivity index (χ0n) is 14.5. The first-order valence-electron chi connectivity index (χ1n) is 7.99. The largest absolute Gasteiger partial charge is 0.277 e. The van der Waals surface area contributed by atoms with Crippen LogP contribution in [0.5, 0.6) is 0 Å². The third-order valence-corrected chi connectivity index (χ3v) is 6.76. The van der Waals surface area contributed by atoms with E-state index < -0.39 is 10.0 Å². The molecule has 0 saturated carbocycles. The molecule has 4 rings (SSSR count). The Labute approximate surface area is 193 Å². The molecule has 30 heavy (non-hydrogen) atoms. The quantitative estimate of drug-likeness (QED) is 0.376. The average molecular weight is 550 g/mol. The van der Waals surface area contributed by atoms with Gasteiger partial charge in [0.05, 0.1) is 36.3 Å². The number of nitrogens with one attached hydrogen (secondary N) is 2. The van der Waals surface area contributed by atoms with E-state index in [1.807, 2.05) is 0 Å². The second-order valence-electron chi connectivity index (χ2n) is 5.82. The van der Waals surface area contributed by atoms with Gasteiger partial charge in [0.25, 0.3) is 10.0 Å². The summed E-state index contributed by atoms with van der Waals surface area (Å²) >= 11 is 21.3. The van der Waals surface area contributed by atoms with Crippen molar-refractivity contribution in [2.45, 2.75) is 4.90 Å². The fraction of sp³-hybridized carbons (Fsp3) is 0. The van der Waals surface area contributed by atoms with Crippen LogP contribution in [0, 0.1) is 0 Å². The maximum absolute atomic E-state index is 12.9. The van der Waals surface area contributed by atoms with Gasteiger partial charge in [0, 0.05) is 6.20 Å². The number of aromatic nitrogens is 6. The maximum atomic E-state index is 12.9. The standard InChI is InChI=1S/C16H9BrCl3N7O2S/c17-10-6-22-24-15(10)27-7-23-25-16(27)14-13(3-8(18)5-21-14)26-30(28,29)9-1-2-11(19)12(20)4-9/h1-7,26H,(H,22,24). The number of rotatable bonds is 5. The molecule has 14 heteroatoms. The first-order chi connectivity index (χ1) is 14.3. The van der Waals surface area contributed by atoms with Crippen molar-refractivity contribution in [2.24, 2.45) is 0 Å². The summed E-state index contributed by atoms with van der Waals surface area (Å²) in [7, 11) is -4.04. The van der Waals surface area contributed by atoms with Crippen molar-refractivity contribution >= 4 is 66.4 Å². The topological polar surface area (TPSA) is 118 Å². The molecule has 2 N–H and O–H groups in total. The van der Waals surface area contributed by atoms with Gasteiger partial charge in [-0.1, -0.05) is 34.8 Å². The van der Waals surface area contributed by atoms with Crippen LogP contribution in [0.1, 0.15) is 0 Å². The van der Waals surface area contributed by atoms with Crippen LogP contribution in [0.25, 0.3) is 17.3 Å². The van der Waals surface area contributed by atoms with Gasteiger partial charge in [0.15, 0.2) is 5.82 Å². The first-order valence-corrected chi connectivity index (χ1v) is 11.4. The summed E-state index contributed by atoms with van der Waals surface area (Å²) < 4.78 is 30.5. The van der Waals surface area contributed by atoms with Crippen molar-refractivity contribution in [1.29, 1.82) is 0 Å². The number of aromatic amines is 1. The van der Waals surface area contributed by atoms with Gasteiger partial charge in [-0.2, -0.15) is 5.10 Å². The van der Waals surface area contributed by atoms with Gasteiger partial charge in [-0.3, -0.25) is 14.4 Å². The molecule has 3 aromatic heterocycles. The zero-order chi connectivity index (χ0) is 21.5. The van der Waals surface area contributed by atoms with Gasteiger partial charge in [0.2, 0.25) is 0 Å². The highest BCUT2D eigenvalue weighted by molar-refractivity contribution is 9.10. The number of sulfonamides is 1. The van der Waals surface area contributed by atoms with E-state index in [1.165, 1.54) is 36.8 Å². The molecule has 0 radical (unpaired) electrons. The van der Waals surface area contributed by atoms with Crippen LogP contribution in [0.3, 0.4) is 0 Å². The van der Waals surface area contributed by atoms with E-state index in [-0.39, 0.29) is 37.2 Å². The van der Waals surface area contributed by atoms with Crippen LogP contribution in [0.2, 0.25) is 15.1 Å².